The highest BCUT2D eigenvalue weighted by Crippen LogP contribution is 2.24. The number of aromatic nitrogens is 3. The fourth-order valence-corrected chi connectivity index (χ4v) is 2.62. The van der Waals surface area contributed by atoms with Crippen LogP contribution in [-0.2, 0) is 0 Å². The maximum Gasteiger partial charge on any atom is 0.244 e. The van der Waals surface area contributed by atoms with Crippen molar-refractivity contribution in [1.82, 2.24) is 15.0 Å². The van der Waals surface area contributed by atoms with Crippen LogP contribution in [0.25, 0.3) is 22.5 Å². The van der Waals surface area contributed by atoms with Crippen molar-refractivity contribution >= 4 is 12.2 Å². The first-order valence-electron chi connectivity index (χ1n) is 8.58. The molecule has 0 spiro atoms. The van der Waals surface area contributed by atoms with E-state index in [1.807, 2.05) is 84.9 Å². The lowest BCUT2D eigenvalue weighted by atomic mass is 10.1. The van der Waals surface area contributed by atoms with Crippen molar-refractivity contribution in [2.24, 2.45) is 5.10 Å². The lowest BCUT2D eigenvalue weighted by Crippen LogP contribution is -2.00. The summed E-state index contributed by atoms with van der Waals surface area (Å²) in [7, 11) is 0. The predicted octanol–water partition coefficient (Wildman–Crippen LogP) is 4.65. The Balaban J connectivity index is 1.69. The van der Waals surface area contributed by atoms with E-state index in [0.717, 1.165) is 28.2 Å². The van der Waals surface area contributed by atoms with Crippen LogP contribution in [0.3, 0.4) is 0 Å². The zero-order valence-electron chi connectivity index (χ0n) is 14.5. The Morgan fingerprint density at radius 1 is 0.704 bits per heavy atom. The SMILES string of the molecule is C(=NNc1nc(-c2ccccc2)cc(-c2ccccc2)n1)c1ccccn1. The molecule has 1 N–H and O–H groups in total. The van der Waals surface area contributed by atoms with E-state index in [2.05, 4.69) is 25.5 Å². The van der Waals surface area contributed by atoms with Gasteiger partial charge >= 0.3 is 0 Å². The van der Waals surface area contributed by atoms with Gasteiger partial charge in [-0.25, -0.2) is 15.4 Å². The molecule has 5 nitrogen and oxygen atoms in total. The fraction of sp³-hybridized carbons (Fsp3) is 0. The second-order valence-corrected chi connectivity index (χ2v) is 5.82. The van der Waals surface area contributed by atoms with Crippen LogP contribution in [-0.4, -0.2) is 21.2 Å². The number of hydrogen-bond donors (Lipinski definition) is 1. The summed E-state index contributed by atoms with van der Waals surface area (Å²) >= 11 is 0. The second kappa shape index (κ2) is 8.01. The number of hydrazone groups is 1. The van der Waals surface area contributed by atoms with Crippen LogP contribution in [0.2, 0.25) is 0 Å². The average molecular weight is 351 g/mol. The smallest absolute Gasteiger partial charge is 0.244 e. The van der Waals surface area contributed by atoms with Gasteiger partial charge in [0.15, 0.2) is 0 Å². The van der Waals surface area contributed by atoms with Gasteiger partial charge in [0.1, 0.15) is 0 Å². The molecule has 2 aromatic heterocycles. The van der Waals surface area contributed by atoms with Gasteiger partial charge in [-0.1, -0.05) is 66.7 Å². The summed E-state index contributed by atoms with van der Waals surface area (Å²) in [5.41, 5.74) is 7.39. The van der Waals surface area contributed by atoms with E-state index in [0.29, 0.717) is 5.95 Å². The zero-order chi connectivity index (χ0) is 18.3. The van der Waals surface area contributed by atoms with Crippen molar-refractivity contribution in [1.29, 1.82) is 0 Å². The minimum Gasteiger partial charge on any atom is -0.255 e. The minimum atomic E-state index is 0.433. The van der Waals surface area contributed by atoms with Gasteiger partial charge in [-0.05, 0) is 18.2 Å². The molecular weight excluding hydrogens is 334 g/mol. The molecule has 27 heavy (non-hydrogen) atoms. The highest BCUT2D eigenvalue weighted by Gasteiger charge is 2.08. The van der Waals surface area contributed by atoms with Crippen LogP contribution in [0.5, 0.6) is 0 Å². The van der Waals surface area contributed by atoms with Crippen LogP contribution < -0.4 is 5.43 Å². The molecule has 2 aromatic carbocycles. The van der Waals surface area contributed by atoms with Crippen molar-refractivity contribution in [3.8, 4) is 22.5 Å². The van der Waals surface area contributed by atoms with E-state index in [4.69, 9.17) is 0 Å². The van der Waals surface area contributed by atoms with E-state index in [-0.39, 0.29) is 0 Å². The maximum atomic E-state index is 4.60. The molecule has 0 atom stereocenters. The molecular formula is C22H17N5. The Labute approximate surface area is 157 Å². The Bertz CT molecular complexity index is 974. The maximum absolute atomic E-state index is 4.60. The van der Waals surface area contributed by atoms with Crippen molar-refractivity contribution in [2.45, 2.75) is 0 Å². The largest absolute Gasteiger partial charge is 0.255 e. The zero-order valence-corrected chi connectivity index (χ0v) is 14.5. The number of rotatable bonds is 5. The Kier molecular flexibility index (Phi) is 4.93. The number of hydrogen-bond acceptors (Lipinski definition) is 5. The van der Waals surface area contributed by atoms with Crippen LogP contribution in [0.15, 0.2) is 96.2 Å². The summed E-state index contributed by atoms with van der Waals surface area (Å²) in [6.45, 7) is 0. The van der Waals surface area contributed by atoms with Gasteiger partial charge in [0, 0.05) is 17.3 Å². The third kappa shape index (κ3) is 4.22. The third-order valence-electron chi connectivity index (χ3n) is 3.91. The quantitative estimate of drug-likeness (QED) is 0.420. The van der Waals surface area contributed by atoms with Gasteiger partial charge in [-0.15, -0.1) is 0 Å². The Hall–Kier alpha value is -3.86. The first kappa shape index (κ1) is 16.6. The summed E-state index contributed by atoms with van der Waals surface area (Å²) < 4.78 is 0. The number of pyridine rings is 1. The number of benzene rings is 2. The normalized spacial score (nSPS) is 10.8. The summed E-state index contributed by atoms with van der Waals surface area (Å²) in [5.74, 6) is 0.433. The predicted molar refractivity (Wildman–Crippen MR) is 108 cm³/mol. The molecule has 0 fully saturated rings. The molecule has 4 aromatic rings. The molecule has 5 heteroatoms. The molecule has 2 heterocycles. The van der Waals surface area contributed by atoms with Gasteiger partial charge in [0.2, 0.25) is 5.95 Å². The van der Waals surface area contributed by atoms with Crippen LogP contribution in [0, 0.1) is 0 Å². The van der Waals surface area contributed by atoms with Crippen molar-refractivity contribution in [2.75, 3.05) is 5.43 Å². The second-order valence-electron chi connectivity index (χ2n) is 5.82. The third-order valence-corrected chi connectivity index (χ3v) is 3.91. The Morgan fingerprint density at radius 3 is 1.85 bits per heavy atom. The number of nitrogens with zero attached hydrogens (tertiary/aromatic N) is 4. The van der Waals surface area contributed by atoms with Gasteiger partial charge in [0.25, 0.3) is 0 Å². The van der Waals surface area contributed by atoms with Gasteiger partial charge < -0.3 is 0 Å². The van der Waals surface area contributed by atoms with E-state index < -0.39 is 0 Å². The standard InChI is InChI=1S/C22H17N5/c1-3-9-17(10-4-1)20-15-21(18-11-5-2-6-12-18)26-22(25-20)27-24-16-19-13-7-8-14-23-19/h1-16H,(H,25,26,27). The first-order valence-corrected chi connectivity index (χ1v) is 8.58. The van der Waals surface area contributed by atoms with E-state index in [1.54, 1.807) is 12.4 Å². The molecule has 0 saturated heterocycles. The summed E-state index contributed by atoms with van der Waals surface area (Å²) in [5, 5.41) is 4.22. The summed E-state index contributed by atoms with van der Waals surface area (Å²) in [6.07, 6.45) is 3.36. The summed E-state index contributed by atoms with van der Waals surface area (Å²) in [6, 6.07) is 27.7. The molecule has 0 aliphatic carbocycles. The van der Waals surface area contributed by atoms with E-state index in [9.17, 15) is 0 Å². The van der Waals surface area contributed by atoms with Gasteiger partial charge in [-0.3, -0.25) is 4.98 Å². The minimum absolute atomic E-state index is 0.433. The van der Waals surface area contributed by atoms with Crippen molar-refractivity contribution in [3.05, 3.63) is 96.8 Å². The average Bonchev–Trinajstić information content (AvgIpc) is 2.76. The molecule has 0 aliphatic heterocycles. The summed E-state index contributed by atoms with van der Waals surface area (Å²) in [4.78, 5) is 13.4. The lowest BCUT2D eigenvalue weighted by molar-refractivity contribution is 1.12. The number of nitrogens with one attached hydrogen (secondary N) is 1. The van der Waals surface area contributed by atoms with Crippen LogP contribution >= 0.6 is 0 Å². The van der Waals surface area contributed by atoms with Crippen LogP contribution in [0.1, 0.15) is 5.69 Å². The van der Waals surface area contributed by atoms with Gasteiger partial charge in [0.05, 0.1) is 23.3 Å². The van der Waals surface area contributed by atoms with Crippen molar-refractivity contribution < 1.29 is 0 Å². The lowest BCUT2D eigenvalue weighted by Gasteiger charge is -2.08. The molecule has 0 radical (unpaired) electrons. The highest BCUT2D eigenvalue weighted by molar-refractivity contribution is 5.77. The van der Waals surface area contributed by atoms with Crippen molar-refractivity contribution in [3.63, 3.8) is 0 Å². The molecule has 0 amide bonds. The molecule has 0 aliphatic rings. The molecule has 4 rings (SSSR count). The molecule has 130 valence electrons. The van der Waals surface area contributed by atoms with E-state index >= 15 is 0 Å². The molecule has 0 bridgehead atoms. The monoisotopic (exact) mass is 351 g/mol. The van der Waals surface area contributed by atoms with Crippen LogP contribution in [0.4, 0.5) is 5.95 Å². The first-order chi connectivity index (χ1) is 13.4. The topological polar surface area (TPSA) is 63.1 Å². The molecule has 0 unspecified atom stereocenters. The highest BCUT2D eigenvalue weighted by atomic mass is 15.3. The number of anilines is 1. The Morgan fingerprint density at radius 2 is 1.30 bits per heavy atom. The van der Waals surface area contributed by atoms with E-state index in [1.165, 1.54) is 0 Å². The molecule has 0 saturated carbocycles. The van der Waals surface area contributed by atoms with Gasteiger partial charge in [-0.2, -0.15) is 5.10 Å². The fourth-order valence-electron chi connectivity index (χ4n) is 2.62.